The standard InChI is InChI=1S/C16H20N4O2S/c21-15-13-9-19(11-4-1-2-5-11)10-17-14(13)20(16(23)18-15)8-12-6-3-7-22-12/h3,6-7,11,17H,1-2,4-5,8-10H2,(H,18,21,23). The molecule has 1 aliphatic heterocycles. The summed E-state index contributed by atoms with van der Waals surface area (Å²) in [7, 11) is 0. The summed E-state index contributed by atoms with van der Waals surface area (Å²) in [6.45, 7) is 1.95. The number of nitrogens with zero attached hydrogens (tertiary/aromatic N) is 2. The predicted molar refractivity (Wildman–Crippen MR) is 90.0 cm³/mol. The molecule has 1 fully saturated rings. The lowest BCUT2D eigenvalue weighted by atomic mass is 10.1. The van der Waals surface area contributed by atoms with E-state index in [1.165, 1.54) is 25.7 Å². The molecule has 0 radical (unpaired) electrons. The van der Waals surface area contributed by atoms with Crippen LogP contribution in [0.4, 0.5) is 5.82 Å². The normalized spacial score (nSPS) is 18.8. The molecule has 0 aromatic carbocycles. The smallest absolute Gasteiger partial charge is 0.258 e. The molecule has 1 saturated carbocycles. The lowest BCUT2D eigenvalue weighted by Gasteiger charge is -2.34. The summed E-state index contributed by atoms with van der Waals surface area (Å²) < 4.78 is 7.76. The van der Waals surface area contributed by atoms with Crippen molar-refractivity contribution in [3.63, 3.8) is 0 Å². The number of furan rings is 1. The SMILES string of the molecule is O=c1[nH]c(=S)n(Cc2ccco2)c2c1CN(C1CCCC1)CN2. The Morgan fingerprint density at radius 2 is 2.17 bits per heavy atom. The van der Waals surface area contributed by atoms with E-state index in [9.17, 15) is 4.79 Å². The van der Waals surface area contributed by atoms with Gasteiger partial charge in [0.1, 0.15) is 11.6 Å². The van der Waals surface area contributed by atoms with Crippen molar-refractivity contribution in [2.75, 3.05) is 12.0 Å². The first-order valence-electron chi connectivity index (χ1n) is 8.08. The molecule has 0 unspecified atom stereocenters. The Kier molecular flexibility index (Phi) is 3.82. The number of fused-ring (bicyclic) bond motifs is 1. The highest BCUT2D eigenvalue weighted by Gasteiger charge is 2.28. The zero-order valence-corrected chi connectivity index (χ0v) is 13.7. The number of hydrogen-bond donors (Lipinski definition) is 2. The lowest BCUT2D eigenvalue weighted by molar-refractivity contribution is 0.194. The molecule has 7 heteroatoms. The summed E-state index contributed by atoms with van der Waals surface area (Å²) in [4.78, 5) is 17.5. The van der Waals surface area contributed by atoms with E-state index in [1.807, 2.05) is 16.7 Å². The third-order valence-electron chi connectivity index (χ3n) is 4.84. The molecule has 3 heterocycles. The van der Waals surface area contributed by atoms with Crippen molar-refractivity contribution in [3.8, 4) is 0 Å². The van der Waals surface area contributed by atoms with E-state index in [-0.39, 0.29) is 5.56 Å². The van der Waals surface area contributed by atoms with Crippen molar-refractivity contribution in [2.24, 2.45) is 0 Å². The molecule has 0 spiro atoms. The molecule has 2 aromatic rings. The van der Waals surface area contributed by atoms with E-state index in [1.54, 1.807) is 6.26 Å². The van der Waals surface area contributed by atoms with Gasteiger partial charge < -0.3 is 9.73 Å². The van der Waals surface area contributed by atoms with E-state index in [0.29, 0.717) is 23.9 Å². The number of H-pyrrole nitrogens is 1. The first kappa shape index (κ1) is 14.7. The second kappa shape index (κ2) is 5.98. The van der Waals surface area contributed by atoms with E-state index in [0.717, 1.165) is 23.8 Å². The minimum absolute atomic E-state index is 0.0871. The first-order chi connectivity index (χ1) is 11.2. The number of aromatic amines is 1. The van der Waals surface area contributed by atoms with Crippen LogP contribution in [0.15, 0.2) is 27.6 Å². The lowest BCUT2D eigenvalue weighted by Crippen LogP contribution is -2.43. The molecule has 0 bridgehead atoms. The summed E-state index contributed by atoms with van der Waals surface area (Å²) in [5.41, 5.74) is 0.680. The van der Waals surface area contributed by atoms with Crippen molar-refractivity contribution in [1.82, 2.24) is 14.5 Å². The van der Waals surface area contributed by atoms with E-state index < -0.39 is 0 Å². The van der Waals surface area contributed by atoms with Gasteiger partial charge in [0, 0.05) is 12.6 Å². The van der Waals surface area contributed by atoms with Crippen LogP contribution in [0.5, 0.6) is 0 Å². The fourth-order valence-corrected chi connectivity index (χ4v) is 3.88. The van der Waals surface area contributed by atoms with Gasteiger partial charge in [-0.3, -0.25) is 19.2 Å². The van der Waals surface area contributed by atoms with Crippen LogP contribution < -0.4 is 10.9 Å². The van der Waals surface area contributed by atoms with Crippen LogP contribution in [0, 0.1) is 4.77 Å². The van der Waals surface area contributed by atoms with Crippen LogP contribution in [-0.4, -0.2) is 27.2 Å². The Morgan fingerprint density at radius 3 is 2.91 bits per heavy atom. The van der Waals surface area contributed by atoms with Crippen molar-refractivity contribution >= 4 is 18.0 Å². The van der Waals surface area contributed by atoms with Gasteiger partial charge in [-0.15, -0.1) is 0 Å². The highest BCUT2D eigenvalue weighted by molar-refractivity contribution is 7.71. The molecule has 122 valence electrons. The average Bonchev–Trinajstić information content (AvgIpc) is 3.24. The van der Waals surface area contributed by atoms with Crippen LogP contribution >= 0.6 is 12.2 Å². The largest absolute Gasteiger partial charge is 0.467 e. The second-order valence-corrected chi connectivity index (χ2v) is 6.66. The van der Waals surface area contributed by atoms with Crippen LogP contribution in [0.1, 0.15) is 37.0 Å². The van der Waals surface area contributed by atoms with Gasteiger partial charge in [-0.1, -0.05) is 12.8 Å². The van der Waals surface area contributed by atoms with Gasteiger partial charge in [-0.2, -0.15) is 0 Å². The predicted octanol–water partition coefficient (Wildman–Crippen LogP) is 2.67. The quantitative estimate of drug-likeness (QED) is 0.846. The van der Waals surface area contributed by atoms with Crippen molar-refractivity contribution in [1.29, 1.82) is 0 Å². The zero-order valence-electron chi connectivity index (χ0n) is 12.9. The minimum atomic E-state index is -0.0871. The maximum atomic E-state index is 12.4. The summed E-state index contributed by atoms with van der Waals surface area (Å²) in [5.74, 6) is 1.64. The number of nitrogens with one attached hydrogen (secondary N) is 2. The molecule has 1 aliphatic carbocycles. The molecule has 4 rings (SSSR count). The van der Waals surface area contributed by atoms with E-state index >= 15 is 0 Å². The number of hydrogen-bond acceptors (Lipinski definition) is 5. The van der Waals surface area contributed by atoms with Crippen molar-refractivity contribution < 1.29 is 4.42 Å². The average molecular weight is 332 g/mol. The van der Waals surface area contributed by atoms with Crippen LogP contribution in [-0.2, 0) is 13.1 Å². The van der Waals surface area contributed by atoms with Crippen LogP contribution in [0.3, 0.4) is 0 Å². The highest BCUT2D eigenvalue weighted by Crippen LogP contribution is 2.28. The fraction of sp³-hybridized carbons (Fsp3) is 0.500. The third kappa shape index (κ3) is 2.74. The third-order valence-corrected chi connectivity index (χ3v) is 5.16. The van der Waals surface area contributed by atoms with Gasteiger partial charge >= 0.3 is 0 Å². The molecule has 23 heavy (non-hydrogen) atoms. The molecule has 0 amide bonds. The topological polar surface area (TPSA) is 66.2 Å². The van der Waals surface area contributed by atoms with Gasteiger partial charge in [0.2, 0.25) is 0 Å². The Balaban J connectivity index is 1.69. The van der Waals surface area contributed by atoms with Crippen LogP contribution in [0.2, 0.25) is 0 Å². The molecule has 0 saturated heterocycles. The van der Waals surface area contributed by atoms with Gasteiger partial charge in [0.05, 0.1) is 25.0 Å². The maximum absolute atomic E-state index is 12.4. The van der Waals surface area contributed by atoms with Gasteiger partial charge in [0.15, 0.2) is 4.77 Å². The first-order valence-corrected chi connectivity index (χ1v) is 8.49. The van der Waals surface area contributed by atoms with E-state index in [2.05, 4.69) is 15.2 Å². The summed E-state index contributed by atoms with van der Waals surface area (Å²) in [5, 5.41) is 3.41. The number of anilines is 1. The van der Waals surface area contributed by atoms with Crippen molar-refractivity contribution in [2.45, 2.75) is 44.8 Å². The molecule has 0 atom stereocenters. The molecule has 2 aliphatic rings. The van der Waals surface area contributed by atoms with E-state index in [4.69, 9.17) is 16.6 Å². The molecular weight excluding hydrogens is 312 g/mol. The second-order valence-electron chi connectivity index (χ2n) is 6.27. The fourth-order valence-electron chi connectivity index (χ4n) is 3.63. The Hall–Kier alpha value is -1.86. The minimum Gasteiger partial charge on any atom is -0.467 e. The van der Waals surface area contributed by atoms with Gasteiger partial charge in [-0.25, -0.2) is 0 Å². The molecule has 2 N–H and O–H groups in total. The molecule has 2 aromatic heterocycles. The van der Waals surface area contributed by atoms with Gasteiger partial charge in [-0.05, 0) is 37.2 Å². The molecular formula is C16H20N4O2S. The maximum Gasteiger partial charge on any atom is 0.258 e. The summed E-state index contributed by atoms with van der Waals surface area (Å²) in [6.07, 6.45) is 6.66. The number of rotatable bonds is 3. The summed E-state index contributed by atoms with van der Waals surface area (Å²) >= 11 is 5.35. The highest BCUT2D eigenvalue weighted by atomic mass is 32.1. The van der Waals surface area contributed by atoms with Crippen LogP contribution in [0.25, 0.3) is 0 Å². The molecule has 6 nitrogen and oxygen atoms in total. The zero-order chi connectivity index (χ0) is 15.8. The van der Waals surface area contributed by atoms with Crippen molar-refractivity contribution in [3.05, 3.63) is 44.8 Å². The van der Waals surface area contributed by atoms with Gasteiger partial charge in [0.25, 0.3) is 5.56 Å². The Labute approximate surface area is 139 Å². The Morgan fingerprint density at radius 1 is 1.35 bits per heavy atom. The summed E-state index contributed by atoms with van der Waals surface area (Å²) in [6, 6.07) is 4.34. The number of aromatic nitrogens is 2. The Bertz CT molecular complexity index is 802. The monoisotopic (exact) mass is 332 g/mol.